The van der Waals surface area contributed by atoms with Crippen LogP contribution >= 0.6 is 0 Å². The van der Waals surface area contributed by atoms with E-state index in [1.807, 2.05) is 0 Å². The van der Waals surface area contributed by atoms with Crippen LogP contribution in [0.3, 0.4) is 0 Å². The number of aliphatic hydroxyl groups excluding tert-OH is 1. The molecule has 136 valence electrons. The molecule has 0 bridgehead atoms. The van der Waals surface area contributed by atoms with Crippen LogP contribution in [-0.2, 0) is 22.2 Å². The Morgan fingerprint density at radius 1 is 1.54 bits per heavy atom. The normalized spacial score (nSPS) is 19.6. The molecule has 0 spiro atoms. The molecule has 1 aromatic heterocycles. The van der Waals surface area contributed by atoms with Crippen molar-refractivity contribution in [3.63, 3.8) is 0 Å². The summed E-state index contributed by atoms with van der Waals surface area (Å²) in [6.45, 7) is 2.64. The molecule has 24 heavy (non-hydrogen) atoms. The molecule has 1 aliphatic rings. The van der Waals surface area contributed by atoms with Crippen LogP contribution in [0.1, 0.15) is 43.5 Å². The van der Waals surface area contributed by atoms with Crippen molar-refractivity contribution < 1.29 is 27.8 Å². The van der Waals surface area contributed by atoms with E-state index in [2.05, 4.69) is 5.10 Å². The van der Waals surface area contributed by atoms with Crippen molar-refractivity contribution in [2.24, 2.45) is 0 Å². The molecule has 1 aliphatic heterocycles. The van der Waals surface area contributed by atoms with E-state index in [4.69, 9.17) is 9.47 Å². The zero-order valence-corrected chi connectivity index (χ0v) is 13.4. The Balaban J connectivity index is 2.27. The van der Waals surface area contributed by atoms with Gasteiger partial charge in [0.2, 0.25) is 0 Å². The monoisotopic (exact) mass is 350 g/mol. The lowest BCUT2D eigenvalue weighted by molar-refractivity contribution is -0.139. The molecule has 1 aromatic rings. The van der Waals surface area contributed by atoms with Crippen LogP contribution in [-0.4, -0.2) is 40.8 Å². The van der Waals surface area contributed by atoms with Gasteiger partial charge in [0.05, 0.1) is 18.3 Å². The zero-order valence-electron chi connectivity index (χ0n) is 13.4. The van der Waals surface area contributed by atoms with Crippen molar-refractivity contribution in [1.29, 1.82) is 0 Å². The topological polar surface area (TPSA) is 73.6 Å². The van der Waals surface area contributed by atoms with Gasteiger partial charge in [0.1, 0.15) is 11.7 Å². The summed E-state index contributed by atoms with van der Waals surface area (Å²) in [5.74, 6) is 0. The Labute approximate surface area is 137 Å². The highest BCUT2D eigenvalue weighted by atomic mass is 19.4. The third-order valence-electron chi connectivity index (χ3n) is 3.74. The Morgan fingerprint density at radius 3 is 2.88 bits per heavy atom. The molecule has 0 saturated carbocycles. The molecule has 0 amide bonds. The van der Waals surface area contributed by atoms with Gasteiger partial charge in [-0.1, -0.05) is 0 Å². The second-order valence-corrected chi connectivity index (χ2v) is 5.61. The summed E-state index contributed by atoms with van der Waals surface area (Å²) >= 11 is 0. The van der Waals surface area contributed by atoms with E-state index in [1.54, 1.807) is 6.92 Å². The van der Waals surface area contributed by atoms with Crippen LogP contribution in [0, 0.1) is 0 Å². The second kappa shape index (κ2) is 8.09. The lowest BCUT2D eigenvalue weighted by Crippen LogP contribution is -2.35. The molecule has 1 N–H and O–H groups in total. The molecule has 2 rings (SSSR count). The molecule has 2 heterocycles. The van der Waals surface area contributed by atoms with Crippen molar-refractivity contribution in [2.45, 2.75) is 51.1 Å². The lowest BCUT2D eigenvalue weighted by atomic mass is 10.1. The standard InChI is InChI=1S/C15H21F3N2O4/c1-2-23-7-5-10(21)9-20-14(22)11(15(16,17)18)8-12(19-20)13-4-3-6-24-13/h8,10,13,21H,2-7,9H2,1H3. The molecular formula is C15H21F3N2O4. The third kappa shape index (κ3) is 4.78. The molecule has 2 unspecified atom stereocenters. The van der Waals surface area contributed by atoms with Crippen LogP contribution in [0.5, 0.6) is 0 Å². The average Bonchev–Trinajstić information content (AvgIpc) is 3.02. The van der Waals surface area contributed by atoms with Gasteiger partial charge in [0, 0.05) is 19.8 Å². The van der Waals surface area contributed by atoms with Crippen LogP contribution in [0.25, 0.3) is 0 Å². The smallest absolute Gasteiger partial charge is 0.391 e. The predicted octanol–water partition coefficient (Wildman–Crippen LogP) is 1.90. The van der Waals surface area contributed by atoms with Crippen LogP contribution in [0.15, 0.2) is 10.9 Å². The third-order valence-corrected chi connectivity index (χ3v) is 3.74. The minimum Gasteiger partial charge on any atom is -0.391 e. The van der Waals surface area contributed by atoms with E-state index in [1.165, 1.54) is 0 Å². The van der Waals surface area contributed by atoms with Gasteiger partial charge in [-0.2, -0.15) is 18.3 Å². The molecule has 9 heteroatoms. The number of halogens is 3. The Kier molecular flexibility index (Phi) is 6.36. The van der Waals surface area contributed by atoms with Gasteiger partial charge in [-0.15, -0.1) is 0 Å². The van der Waals surface area contributed by atoms with Gasteiger partial charge in [-0.3, -0.25) is 4.79 Å². The van der Waals surface area contributed by atoms with E-state index < -0.39 is 29.5 Å². The summed E-state index contributed by atoms with van der Waals surface area (Å²) in [5, 5.41) is 13.9. The maximum Gasteiger partial charge on any atom is 0.421 e. The Hall–Kier alpha value is -1.45. The van der Waals surface area contributed by atoms with E-state index in [0.717, 1.165) is 12.5 Å². The first-order chi connectivity index (χ1) is 11.3. The fourth-order valence-electron chi connectivity index (χ4n) is 2.51. The fraction of sp³-hybridized carbons (Fsp3) is 0.733. The van der Waals surface area contributed by atoms with Gasteiger partial charge < -0.3 is 14.6 Å². The largest absolute Gasteiger partial charge is 0.421 e. The number of aliphatic hydroxyl groups is 1. The number of aromatic nitrogens is 2. The van der Waals surface area contributed by atoms with Crippen LogP contribution in [0.2, 0.25) is 0 Å². The van der Waals surface area contributed by atoms with E-state index in [9.17, 15) is 23.1 Å². The highest BCUT2D eigenvalue weighted by Crippen LogP contribution is 2.31. The Bertz CT molecular complexity index is 597. The number of ether oxygens (including phenoxy) is 2. The van der Waals surface area contributed by atoms with Crippen LogP contribution < -0.4 is 5.56 Å². The van der Waals surface area contributed by atoms with E-state index in [-0.39, 0.29) is 25.3 Å². The Morgan fingerprint density at radius 2 is 2.29 bits per heavy atom. The summed E-state index contributed by atoms with van der Waals surface area (Å²) in [5.41, 5.74) is -2.49. The van der Waals surface area contributed by atoms with Gasteiger partial charge >= 0.3 is 6.18 Å². The van der Waals surface area contributed by atoms with Gasteiger partial charge in [-0.05, 0) is 32.3 Å². The molecule has 0 radical (unpaired) electrons. The first kappa shape index (κ1) is 18.9. The summed E-state index contributed by atoms with van der Waals surface area (Å²) < 4.78 is 50.5. The number of rotatable bonds is 7. The molecular weight excluding hydrogens is 329 g/mol. The summed E-state index contributed by atoms with van der Waals surface area (Å²) in [6.07, 6.45) is -4.89. The van der Waals surface area contributed by atoms with Crippen molar-refractivity contribution >= 4 is 0 Å². The average molecular weight is 350 g/mol. The first-order valence-electron chi connectivity index (χ1n) is 7.89. The number of alkyl halides is 3. The van der Waals surface area contributed by atoms with Gasteiger partial charge in [0.15, 0.2) is 0 Å². The van der Waals surface area contributed by atoms with E-state index >= 15 is 0 Å². The molecule has 0 aromatic carbocycles. The molecule has 1 fully saturated rings. The summed E-state index contributed by atoms with van der Waals surface area (Å²) in [6, 6.07) is 0.751. The van der Waals surface area contributed by atoms with Gasteiger partial charge in [0.25, 0.3) is 5.56 Å². The van der Waals surface area contributed by atoms with Gasteiger partial charge in [-0.25, -0.2) is 4.68 Å². The summed E-state index contributed by atoms with van der Waals surface area (Å²) in [7, 11) is 0. The highest BCUT2D eigenvalue weighted by Gasteiger charge is 2.36. The fourth-order valence-corrected chi connectivity index (χ4v) is 2.51. The van der Waals surface area contributed by atoms with Crippen molar-refractivity contribution in [3.05, 3.63) is 27.7 Å². The zero-order chi connectivity index (χ0) is 17.7. The van der Waals surface area contributed by atoms with Crippen LogP contribution in [0.4, 0.5) is 13.2 Å². The molecule has 1 saturated heterocycles. The minimum absolute atomic E-state index is 0.0661. The molecule has 6 nitrogen and oxygen atoms in total. The summed E-state index contributed by atoms with van der Waals surface area (Å²) in [4.78, 5) is 12.0. The first-order valence-corrected chi connectivity index (χ1v) is 7.89. The highest BCUT2D eigenvalue weighted by molar-refractivity contribution is 5.19. The number of nitrogens with zero attached hydrogens (tertiary/aromatic N) is 2. The second-order valence-electron chi connectivity index (χ2n) is 5.61. The van der Waals surface area contributed by atoms with Crippen molar-refractivity contribution in [3.8, 4) is 0 Å². The number of hydrogen-bond acceptors (Lipinski definition) is 5. The van der Waals surface area contributed by atoms with Crippen molar-refractivity contribution in [1.82, 2.24) is 9.78 Å². The SMILES string of the molecule is CCOCCC(O)Cn1nc(C2CCCO2)cc(C(F)(F)F)c1=O. The quantitative estimate of drug-likeness (QED) is 0.761. The van der Waals surface area contributed by atoms with Crippen molar-refractivity contribution in [2.75, 3.05) is 19.8 Å². The lowest BCUT2D eigenvalue weighted by Gasteiger charge is -2.17. The molecule has 0 aliphatic carbocycles. The molecule has 2 atom stereocenters. The predicted molar refractivity (Wildman–Crippen MR) is 78.5 cm³/mol. The maximum atomic E-state index is 13.1. The maximum absolute atomic E-state index is 13.1. The number of hydrogen-bond donors (Lipinski definition) is 1. The minimum atomic E-state index is -4.79. The van der Waals surface area contributed by atoms with E-state index in [0.29, 0.717) is 24.3 Å².